The molecule has 1 nitrogen and oxygen atoms in total. The van der Waals surface area contributed by atoms with Gasteiger partial charge in [-0.2, -0.15) is 0 Å². The number of rotatable bonds is 4. The van der Waals surface area contributed by atoms with Crippen molar-refractivity contribution in [3.8, 4) is 0 Å². The van der Waals surface area contributed by atoms with Gasteiger partial charge in [0.25, 0.3) is 0 Å². The van der Waals surface area contributed by atoms with E-state index in [2.05, 4.69) is 49.8 Å². The van der Waals surface area contributed by atoms with Gasteiger partial charge in [-0.05, 0) is 36.3 Å². The fourth-order valence-electron chi connectivity index (χ4n) is 1.34. The van der Waals surface area contributed by atoms with Crippen molar-refractivity contribution in [2.45, 2.75) is 45.1 Å². The van der Waals surface area contributed by atoms with Crippen LogP contribution < -0.4 is 0 Å². The summed E-state index contributed by atoms with van der Waals surface area (Å²) < 4.78 is 20.9. The van der Waals surface area contributed by atoms with Crippen LogP contribution in [0.15, 0.2) is 22.7 Å². The summed E-state index contributed by atoms with van der Waals surface area (Å²) in [4.78, 5) is 0. The normalized spacial score (nSPS) is 14.5. The van der Waals surface area contributed by atoms with Crippen LogP contribution in [0.25, 0.3) is 0 Å². The van der Waals surface area contributed by atoms with Crippen LogP contribution in [0.5, 0.6) is 0 Å². The summed E-state index contributed by atoms with van der Waals surface area (Å²) >= 11 is 9.25. The number of hydrogen-bond acceptors (Lipinski definition) is 1. The van der Waals surface area contributed by atoms with Crippen molar-refractivity contribution in [2.24, 2.45) is 0 Å². The fourth-order valence-corrected chi connectivity index (χ4v) is 3.01. The average molecular weight is 368 g/mol. The molecule has 0 saturated carbocycles. The van der Waals surface area contributed by atoms with E-state index in [1.54, 1.807) is 18.2 Å². The van der Waals surface area contributed by atoms with E-state index in [9.17, 15) is 4.39 Å². The van der Waals surface area contributed by atoms with Gasteiger partial charge in [0.2, 0.25) is 0 Å². The lowest BCUT2D eigenvalue weighted by atomic mass is 10.1. The molecule has 0 aliphatic heterocycles. The minimum atomic E-state index is -1.92. The molecule has 1 rings (SSSR count). The largest absolute Gasteiger partial charge is 0.414 e. The molecule has 0 heterocycles. The molecule has 1 atom stereocenters. The molecule has 0 fully saturated rings. The van der Waals surface area contributed by atoms with E-state index in [1.807, 2.05) is 0 Å². The Labute approximate surface area is 129 Å². The molecule has 19 heavy (non-hydrogen) atoms. The van der Waals surface area contributed by atoms with Crippen LogP contribution in [-0.2, 0) is 4.43 Å². The Balaban J connectivity index is 2.76. The molecule has 1 aromatic rings. The second-order valence-electron chi connectivity index (χ2n) is 6.20. The highest BCUT2D eigenvalue weighted by Gasteiger charge is 2.37. The van der Waals surface area contributed by atoms with E-state index in [0.717, 1.165) is 4.47 Å². The third-order valence-corrected chi connectivity index (χ3v) is 9.15. The maximum atomic E-state index is 14.3. The average Bonchev–Trinajstić information content (AvgIpc) is 2.28. The van der Waals surface area contributed by atoms with Crippen LogP contribution in [-0.4, -0.2) is 14.9 Å². The van der Waals surface area contributed by atoms with Crippen molar-refractivity contribution >= 4 is 35.8 Å². The molecule has 1 unspecified atom stereocenters. The van der Waals surface area contributed by atoms with E-state index in [-0.39, 0.29) is 11.6 Å². The first kappa shape index (κ1) is 17.1. The van der Waals surface area contributed by atoms with Gasteiger partial charge in [-0.3, -0.25) is 0 Å². The van der Waals surface area contributed by atoms with Crippen LogP contribution in [0, 0.1) is 0 Å². The molecule has 0 aliphatic rings. The monoisotopic (exact) mass is 366 g/mol. The minimum absolute atomic E-state index is 0.0788. The molecule has 0 N–H and O–H groups in total. The van der Waals surface area contributed by atoms with Gasteiger partial charge < -0.3 is 4.43 Å². The van der Waals surface area contributed by atoms with Crippen LogP contribution in [0.2, 0.25) is 23.2 Å². The van der Waals surface area contributed by atoms with Crippen LogP contribution >= 0.6 is 27.5 Å². The quantitative estimate of drug-likeness (QED) is 0.581. The fraction of sp³-hybridized carbons (Fsp3) is 0.571. The number of hydrogen-bond donors (Lipinski definition) is 0. The van der Waals surface area contributed by atoms with Gasteiger partial charge in [0.15, 0.2) is 8.32 Å². The third-order valence-electron chi connectivity index (χ3n) is 3.69. The summed E-state index contributed by atoms with van der Waals surface area (Å²) in [5.74, 6) is 0. The van der Waals surface area contributed by atoms with Crippen molar-refractivity contribution in [1.29, 1.82) is 0 Å². The maximum Gasteiger partial charge on any atom is 0.192 e. The van der Waals surface area contributed by atoms with E-state index < -0.39 is 14.5 Å². The third kappa shape index (κ3) is 4.55. The lowest BCUT2D eigenvalue weighted by Gasteiger charge is -2.36. The number of alkyl halides is 1. The second-order valence-corrected chi connectivity index (χ2v) is 12.3. The van der Waals surface area contributed by atoms with E-state index in [0.29, 0.717) is 10.6 Å². The van der Waals surface area contributed by atoms with Crippen LogP contribution in [0.3, 0.4) is 0 Å². The first-order valence-electron chi connectivity index (χ1n) is 6.27. The molecule has 0 aliphatic carbocycles. The Morgan fingerprint density at radius 3 is 2.47 bits per heavy atom. The second kappa shape index (κ2) is 6.25. The topological polar surface area (TPSA) is 9.23 Å². The standard InChI is InChI=1S/C14H21BrClFOSi/c1-14(2,3)19(4,5)18-9-13(17)11-8-10(16)6-7-12(11)15/h6-8,13H,9H2,1-5H3. The van der Waals surface area contributed by atoms with Crippen molar-refractivity contribution in [2.75, 3.05) is 6.61 Å². The number of benzene rings is 1. The van der Waals surface area contributed by atoms with Crippen LogP contribution in [0.4, 0.5) is 4.39 Å². The molecule has 0 spiro atoms. The van der Waals surface area contributed by atoms with Crippen molar-refractivity contribution in [1.82, 2.24) is 0 Å². The van der Waals surface area contributed by atoms with Gasteiger partial charge in [0, 0.05) is 15.1 Å². The molecular formula is C14H21BrClFOSi. The zero-order chi connectivity index (χ0) is 14.8. The van der Waals surface area contributed by atoms with Gasteiger partial charge in [-0.15, -0.1) is 0 Å². The van der Waals surface area contributed by atoms with E-state index in [1.165, 1.54) is 0 Å². The summed E-state index contributed by atoms with van der Waals surface area (Å²) in [7, 11) is -1.92. The smallest absolute Gasteiger partial charge is 0.192 e. The molecule has 0 aromatic heterocycles. The first-order valence-corrected chi connectivity index (χ1v) is 10.4. The predicted octanol–water partition coefficient (Wildman–Crippen LogP) is 6.13. The van der Waals surface area contributed by atoms with Crippen molar-refractivity contribution < 1.29 is 8.82 Å². The highest BCUT2D eigenvalue weighted by atomic mass is 79.9. The van der Waals surface area contributed by atoms with Gasteiger partial charge in [-0.1, -0.05) is 48.3 Å². The molecule has 0 bridgehead atoms. The number of halogens is 3. The van der Waals surface area contributed by atoms with Crippen LogP contribution in [0.1, 0.15) is 32.5 Å². The van der Waals surface area contributed by atoms with Gasteiger partial charge in [0.1, 0.15) is 6.17 Å². The molecular weight excluding hydrogens is 347 g/mol. The molecule has 0 radical (unpaired) electrons. The summed E-state index contributed by atoms with van der Waals surface area (Å²) in [5, 5.41) is 0.617. The predicted molar refractivity (Wildman–Crippen MR) is 86.2 cm³/mol. The summed E-state index contributed by atoms with van der Waals surface area (Å²) in [6, 6.07) is 5.14. The lowest BCUT2D eigenvalue weighted by Crippen LogP contribution is -2.41. The molecule has 0 amide bonds. The van der Waals surface area contributed by atoms with E-state index >= 15 is 0 Å². The maximum absolute atomic E-state index is 14.3. The molecule has 108 valence electrons. The zero-order valence-electron chi connectivity index (χ0n) is 12.1. The highest BCUT2D eigenvalue weighted by molar-refractivity contribution is 9.10. The van der Waals surface area contributed by atoms with Gasteiger partial charge in [-0.25, -0.2) is 4.39 Å². The zero-order valence-corrected chi connectivity index (χ0v) is 15.4. The Morgan fingerprint density at radius 1 is 1.37 bits per heavy atom. The molecule has 5 heteroatoms. The van der Waals surface area contributed by atoms with E-state index in [4.69, 9.17) is 16.0 Å². The minimum Gasteiger partial charge on any atom is -0.414 e. The Hall–Kier alpha value is 0.0969. The summed E-state index contributed by atoms with van der Waals surface area (Å²) in [5.41, 5.74) is 0.547. The summed E-state index contributed by atoms with van der Waals surface area (Å²) in [6.45, 7) is 10.7. The van der Waals surface area contributed by atoms with Gasteiger partial charge >= 0.3 is 0 Å². The Bertz CT molecular complexity index is 446. The Kier molecular flexibility index (Phi) is 5.64. The summed E-state index contributed by atoms with van der Waals surface area (Å²) in [6.07, 6.45) is -1.16. The SMILES string of the molecule is CC(C)(C)[Si](C)(C)OCC(F)c1cc(Cl)ccc1Br. The molecule has 0 saturated heterocycles. The highest BCUT2D eigenvalue weighted by Crippen LogP contribution is 2.38. The molecule has 1 aromatic carbocycles. The first-order chi connectivity index (χ1) is 8.54. The van der Waals surface area contributed by atoms with Crippen molar-refractivity contribution in [3.63, 3.8) is 0 Å². The Morgan fingerprint density at radius 2 is 1.95 bits per heavy atom. The van der Waals surface area contributed by atoms with Gasteiger partial charge in [0.05, 0.1) is 6.61 Å². The van der Waals surface area contributed by atoms with Crippen molar-refractivity contribution in [3.05, 3.63) is 33.3 Å². The lowest BCUT2D eigenvalue weighted by molar-refractivity contribution is 0.183.